The largest absolute Gasteiger partial charge is 0.354 e. The Morgan fingerprint density at radius 3 is 2.34 bits per heavy atom. The number of benzene rings is 2. The van der Waals surface area contributed by atoms with E-state index in [1.54, 1.807) is 11.0 Å². The van der Waals surface area contributed by atoms with E-state index in [4.69, 9.17) is 0 Å². The Morgan fingerprint density at radius 2 is 1.62 bits per heavy atom. The van der Waals surface area contributed by atoms with E-state index in [1.165, 1.54) is 5.56 Å². The van der Waals surface area contributed by atoms with Gasteiger partial charge in [-0.2, -0.15) is 0 Å². The van der Waals surface area contributed by atoms with E-state index in [0.29, 0.717) is 12.1 Å². The van der Waals surface area contributed by atoms with Gasteiger partial charge in [0.25, 0.3) is 5.91 Å². The van der Waals surface area contributed by atoms with Gasteiger partial charge in [-0.05, 0) is 42.9 Å². The number of carbonyl (C=O) groups is 3. The molecule has 3 aliphatic rings. The fourth-order valence-corrected chi connectivity index (χ4v) is 5.34. The second kappa shape index (κ2) is 8.41. The van der Waals surface area contributed by atoms with Gasteiger partial charge in [-0.15, -0.1) is 0 Å². The lowest BCUT2D eigenvalue weighted by Gasteiger charge is -2.30. The quantitative estimate of drug-likeness (QED) is 0.707. The van der Waals surface area contributed by atoms with Crippen molar-refractivity contribution >= 4 is 17.7 Å². The molecule has 2 aromatic carbocycles. The number of nitrogens with zero attached hydrogens (tertiary/aromatic N) is 1. The number of amides is 3. The molecule has 2 N–H and O–H groups in total. The summed E-state index contributed by atoms with van der Waals surface area (Å²) in [5.74, 6) is -0.570. The molecule has 3 amide bonds. The van der Waals surface area contributed by atoms with Crippen molar-refractivity contribution in [1.82, 2.24) is 15.5 Å². The molecule has 2 aromatic rings. The summed E-state index contributed by atoms with van der Waals surface area (Å²) in [4.78, 5) is 40.2. The Morgan fingerprint density at radius 1 is 0.938 bits per heavy atom. The van der Waals surface area contributed by atoms with Crippen LogP contribution in [0.1, 0.15) is 66.1 Å². The average Bonchev–Trinajstić information content (AvgIpc) is 3.47. The van der Waals surface area contributed by atoms with Gasteiger partial charge in [0.1, 0.15) is 6.04 Å². The number of fused-ring (bicyclic) bond motifs is 1. The molecule has 1 heterocycles. The van der Waals surface area contributed by atoms with Gasteiger partial charge in [-0.1, -0.05) is 61.4 Å². The van der Waals surface area contributed by atoms with Crippen LogP contribution in [0, 0.1) is 0 Å². The van der Waals surface area contributed by atoms with Gasteiger partial charge in [-0.25, -0.2) is 0 Å². The van der Waals surface area contributed by atoms with Crippen LogP contribution in [0.25, 0.3) is 0 Å². The van der Waals surface area contributed by atoms with Gasteiger partial charge in [0.2, 0.25) is 11.8 Å². The zero-order valence-electron chi connectivity index (χ0n) is 18.2. The zero-order chi connectivity index (χ0) is 22.1. The van der Waals surface area contributed by atoms with Crippen LogP contribution in [-0.4, -0.2) is 41.8 Å². The molecule has 5 rings (SSSR count). The van der Waals surface area contributed by atoms with Crippen LogP contribution in [-0.2, 0) is 15.0 Å². The topological polar surface area (TPSA) is 78.5 Å². The third-order valence-corrected chi connectivity index (χ3v) is 7.18. The molecule has 166 valence electrons. The van der Waals surface area contributed by atoms with Gasteiger partial charge in [0, 0.05) is 23.6 Å². The summed E-state index contributed by atoms with van der Waals surface area (Å²) >= 11 is 0. The minimum Gasteiger partial charge on any atom is -0.354 e. The fraction of sp³-hybridized carbons (Fsp3) is 0.423. The Bertz CT molecular complexity index is 1030. The molecule has 1 aliphatic heterocycles. The second-order valence-corrected chi connectivity index (χ2v) is 9.28. The molecule has 2 aliphatic carbocycles. The van der Waals surface area contributed by atoms with Crippen molar-refractivity contribution in [1.29, 1.82) is 0 Å². The van der Waals surface area contributed by atoms with Crippen molar-refractivity contribution in [2.75, 3.05) is 13.1 Å². The third kappa shape index (κ3) is 3.78. The van der Waals surface area contributed by atoms with E-state index in [1.807, 2.05) is 36.4 Å². The van der Waals surface area contributed by atoms with Crippen LogP contribution in [0.4, 0.5) is 0 Å². The van der Waals surface area contributed by atoms with Crippen molar-refractivity contribution in [3.05, 3.63) is 71.3 Å². The van der Waals surface area contributed by atoms with Gasteiger partial charge >= 0.3 is 0 Å². The maximum absolute atomic E-state index is 13.1. The predicted octanol–water partition coefficient (Wildman–Crippen LogP) is 3.09. The van der Waals surface area contributed by atoms with Crippen LogP contribution in [0.15, 0.2) is 54.6 Å². The van der Waals surface area contributed by atoms with Gasteiger partial charge in [0.15, 0.2) is 0 Å². The molecule has 0 spiro atoms. The zero-order valence-corrected chi connectivity index (χ0v) is 18.2. The minimum atomic E-state index is -0.649. The molecule has 0 bridgehead atoms. The molecule has 32 heavy (non-hydrogen) atoms. The van der Waals surface area contributed by atoms with E-state index in [-0.39, 0.29) is 35.7 Å². The SMILES string of the molecule is O=C(CNC(=O)C1c2ccccc2C(=O)N1C1CC1)NCC1(c2ccccc2)CCCC1. The van der Waals surface area contributed by atoms with Crippen LogP contribution in [0.5, 0.6) is 0 Å². The van der Waals surface area contributed by atoms with Gasteiger partial charge < -0.3 is 15.5 Å². The first-order chi connectivity index (χ1) is 15.6. The molecule has 0 radical (unpaired) electrons. The molecule has 2 fully saturated rings. The smallest absolute Gasteiger partial charge is 0.255 e. The first-order valence-corrected chi connectivity index (χ1v) is 11.6. The summed E-state index contributed by atoms with van der Waals surface area (Å²) in [6.45, 7) is 0.486. The summed E-state index contributed by atoms with van der Waals surface area (Å²) in [6.07, 6.45) is 6.28. The number of hydrogen-bond acceptors (Lipinski definition) is 3. The molecular weight excluding hydrogens is 402 g/mol. The van der Waals surface area contributed by atoms with Crippen molar-refractivity contribution in [2.24, 2.45) is 0 Å². The Kier molecular flexibility index (Phi) is 5.45. The molecule has 0 saturated heterocycles. The van der Waals surface area contributed by atoms with Crippen molar-refractivity contribution in [2.45, 2.75) is 56.0 Å². The van der Waals surface area contributed by atoms with Crippen LogP contribution < -0.4 is 10.6 Å². The van der Waals surface area contributed by atoms with Crippen LogP contribution in [0.2, 0.25) is 0 Å². The maximum Gasteiger partial charge on any atom is 0.255 e. The molecule has 0 aromatic heterocycles. The molecular formula is C26H29N3O3. The Hall–Kier alpha value is -3.15. The average molecular weight is 432 g/mol. The third-order valence-electron chi connectivity index (χ3n) is 7.18. The standard InChI is InChI=1S/C26H29N3O3/c30-22(28-17-26(14-6-7-15-26)18-8-2-1-3-9-18)16-27-24(31)23-20-10-4-5-11-21(20)25(32)29(23)19-12-13-19/h1-5,8-11,19,23H,6-7,12-17H2,(H,27,31)(H,28,30). The van der Waals surface area contributed by atoms with E-state index in [2.05, 4.69) is 22.8 Å². The molecule has 1 atom stereocenters. The normalized spacial score (nSPS) is 21.3. The summed E-state index contributed by atoms with van der Waals surface area (Å²) in [5, 5.41) is 5.83. The summed E-state index contributed by atoms with van der Waals surface area (Å²) in [7, 11) is 0. The molecule has 1 unspecified atom stereocenters. The van der Waals surface area contributed by atoms with Crippen LogP contribution in [0.3, 0.4) is 0 Å². The first-order valence-electron chi connectivity index (χ1n) is 11.6. The highest BCUT2D eigenvalue weighted by molar-refractivity contribution is 6.05. The van der Waals surface area contributed by atoms with Crippen LogP contribution >= 0.6 is 0 Å². The summed E-state index contributed by atoms with van der Waals surface area (Å²) < 4.78 is 0. The fourth-order valence-electron chi connectivity index (χ4n) is 5.34. The van der Waals surface area contributed by atoms with E-state index in [9.17, 15) is 14.4 Å². The maximum atomic E-state index is 13.1. The van der Waals surface area contributed by atoms with E-state index >= 15 is 0 Å². The second-order valence-electron chi connectivity index (χ2n) is 9.28. The number of nitrogens with one attached hydrogen (secondary N) is 2. The first kappa shape index (κ1) is 20.7. The Balaban J connectivity index is 1.22. The van der Waals surface area contributed by atoms with E-state index < -0.39 is 6.04 Å². The molecule has 6 nitrogen and oxygen atoms in total. The predicted molar refractivity (Wildman–Crippen MR) is 121 cm³/mol. The minimum absolute atomic E-state index is 0.0273. The lowest BCUT2D eigenvalue weighted by atomic mass is 9.79. The lowest BCUT2D eigenvalue weighted by Crippen LogP contribution is -2.46. The van der Waals surface area contributed by atoms with Crippen molar-refractivity contribution in [3.8, 4) is 0 Å². The highest BCUT2D eigenvalue weighted by Crippen LogP contribution is 2.42. The monoisotopic (exact) mass is 431 g/mol. The highest BCUT2D eigenvalue weighted by Gasteiger charge is 2.47. The van der Waals surface area contributed by atoms with Gasteiger partial charge in [-0.3, -0.25) is 14.4 Å². The van der Waals surface area contributed by atoms with E-state index in [0.717, 1.165) is 44.1 Å². The number of carbonyl (C=O) groups excluding carboxylic acids is 3. The van der Waals surface area contributed by atoms with Crippen molar-refractivity contribution in [3.63, 3.8) is 0 Å². The highest BCUT2D eigenvalue weighted by atomic mass is 16.2. The summed E-state index contributed by atoms with van der Waals surface area (Å²) in [5.41, 5.74) is 2.56. The number of rotatable bonds is 7. The Labute approximate surface area is 188 Å². The molecule has 2 saturated carbocycles. The van der Waals surface area contributed by atoms with Crippen molar-refractivity contribution < 1.29 is 14.4 Å². The summed E-state index contributed by atoms with van der Waals surface area (Å²) in [6, 6.07) is 17.1. The lowest BCUT2D eigenvalue weighted by molar-refractivity contribution is -0.129. The molecule has 6 heteroatoms. The van der Waals surface area contributed by atoms with Gasteiger partial charge in [0.05, 0.1) is 6.54 Å². The number of hydrogen-bond donors (Lipinski definition) is 2.